The molecule has 0 aliphatic rings. The Morgan fingerprint density at radius 3 is 0.602 bits per heavy atom. The molecule has 0 heterocycles. The van der Waals surface area contributed by atoms with Gasteiger partial charge in [0.15, 0.2) is 69.8 Å². The fraction of sp³-hybridized carbons (Fsp3) is 0.222. The van der Waals surface area contributed by atoms with Crippen LogP contribution in [-0.4, -0.2) is 90.3 Å². The van der Waals surface area contributed by atoms with Gasteiger partial charge in [-0.3, -0.25) is 19.1 Å². The number of nitrogens with zero attached hydrogens (tertiary/aromatic N) is 4. The van der Waals surface area contributed by atoms with Gasteiger partial charge < -0.3 is 0 Å². The average molecular weight is 1300 g/mol. The maximum absolute atomic E-state index is 15.4. The first-order valence-electron chi connectivity index (χ1n) is 24.0. The van der Waals surface area contributed by atoms with Gasteiger partial charge in [-0.2, -0.15) is 0 Å². The molecule has 7 aromatic carbocycles. The van der Waals surface area contributed by atoms with Crippen LogP contribution in [0, 0.1) is 116 Å². The van der Waals surface area contributed by atoms with Gasteiger partial charge in [-0.15, -0.1) is 21.9 Å². The SMILES string of the molecule is CP(C)(=NCCN(CCN=P(C)(C)c1ccccc1)CCN=P(C)(C)c1ccccc1)c1ccccc1.Fc1c(F)c(F)c([B-](c2c(F)c(F)c(F)c(F)c2F)(c2c(F)c(F)c(F)c(F)c2F)c2c(F)c(F)c(F)c(F)c2F)c(F)c1F.[Cu+2]. The summed E-state index contributed by atoms with van der Waals surface area (Å²) in [6, 6.07) is 32.3. The summed E-state index contributed by atoms with van der Waals surface area (Å²) in [7, 11) is -4.42. The van der Waals surface area contributed by atoms with E-state index in [4.69, 9.17) is 14.2 Å². The van der Waals surface area contributed by atoms with Crippen LogP contribution in [-0.2, 0) is 17.1 Å². The molecule has 0 bridgehead atoms. The van der Waals surface area contributed by atoms with Gasteiger partial charge in [0.25, 0.3) is 0 Å². The van der Waals surface area contributed by atoms with Crippen molar-refractivity contribution in [2.75, 3.05) is 79.3 Å². The van der Waals surface area contributed by atoms with Crippen LogP contribution in [0.2, 0.25) is 0 Å². The van der Waals surface area contributed by atoms with E-state index >= 15 is 35.1 Å². The maximum Gasteiger partial charge on any atom is 2.00 e. The Bertz CT molecular complexity index is 3170. The predicted octanol–water partition coefficient (Wildman–Crippen LogP) is 12.5. The quantitative estimate of drug-likeness (QED) is 0.0312. The number of hydrogen-bond acceptors (Lipinski definition) is 4. The summed E-state index contributed by atoms with van der Waals surface area (Å²) in [4.78, 5) is 2.53. The van der Waals surface area contributed by atoms with Crippen LogP contribution in [0.3, 0.4) is 0 Å². The molecule has 83 heavy (non-hydrogen) atoms. The monoisotopic (exact) mass is 1300 g/mol. The second-order valence-electron chi connectivity index (χ2n) is 19.4. The predicted molar refractivity (Wildman–Crippen MR) is 282 cm³/mol. The Balaban J connectivity index is 0.000000306. The molecule has 4 nitrogen and oxygen atoms in total. The van der Waals surface area contributed by atoms with E-state index in [9.17, 15) is 52.7 Å². The van der Waals surface area contributed by atoms with Crippen LogP contribution in [0.15, 0.2) is 105 Å². The minimum Gasteiger partial charge on any atom is -0.298 e. The molecule has 0 saturated heterocycles. The van der Waals surface area contributed by atoms with E-state index in [1.54, 1.807) is 0 Å². The minimum atomic E-state index is -7.22. The molecule has 0 N–H and O–H groups in total. The molecule has 29 heteroatoms. The normalized spacial score (nSPS) is 12.0. The molecule has 0 unspecified atom stereocenters. The Hall–Kier alpha value is -5.63. The Morgan fingerprint density at radius 2 is 0.434 bits per heavy atom. The van der Waals surface area contributed by atoms with E-state index in [1.165, 1.54) is 15.9 Å². The van der Waals surface area contributed by atoms with Gasteiger partial charge >= 0.3 is 17.1 Å². The van der Waals surface area contributed by atoms with Crippen molar-refractivity contribution in [3.05, 3.63) is 207 Å². The molecule has 7 aromatic rings. The van der Waals surface area contributed by atoms with Gasteiger partial charge in [-0.25, -0.2) is 87.8 Å². The molecule has 0 saturated carbocycles. The zero-order valence-electron chi connectivity index (χ0n) is 44.0. The average Bonchev–Trinajstić information content (AvgIpc) is 0.751. The summed E-state index contributed by atoms with van der Waals surface area (Å²) < 4.78 is 310. The summed E-state index contributed by atoms with van der Waals surface area (Å²) >= 11 is 0. The molecule has 0 aliphatic carbocycles. The molecule has 0 spiro atoms. The topological polar surface area (TPSA) is 40.3 Å². The van der Waals surface area contributed by atoms with Crippen molar-refractivity contribution in [1.29, 1.82) is 0 Å². The minimum absolute atomic E-state index is 0. The standard InChI is InChI=1S/C30H45N4P3.C24BF20.Cu/c1-35(2,28-16-10-7-11-17-28)31-22-25-34(26-23-32-36(3,4)29-18-12-8-13-19-29)27-24-33-37(5,6)30-20-14-9-15-21-30;26-5-1(6(27)14(35)21(42)13(5)34)25(2-7(28)15(36)22(43)16(37)8(2)29,3-9(30)17(38)23(44)18(39)10(3)31)4-11(32)19(40)24(45)20(41)12(4)33;/h7-21H,22-27H2,1-6H3;;/q;-1;+2. The van der Waals surface area contributed by atoms with Gasteiger partial charge in [-0.1, -0.05) is 91.0 Å². The van der Waals surface area contributed by atoms with E-state index in [1.807, 2.05) is 0 Å². The molecule has 1 radical (unpaired) electrons. The second-order valence-corrected chi connectivity index (χ2v) is 30.2. The van der Waals surface area contributed by atoms with Gasteiger partial charge in [0, 0.05) is 19.6 Å². The van der Waals surface area contributed by atoms with E-state index in [0.29, 0.717) is 0 Å². The van der Waals surface area contributed by atoms with Crippen molar-refractivity contribution in [2.45, 2.75) is 0 Å². The van der Waals surface area contributed by atoms with Crippen LogP contribution in [0.4, 0.5) is 87.8 Å². The third kappa shape index (κ3) is 13.4. The van der Waals surface area contributed by atoms with E-state index in [-0.39, 0.29) is 17.1 Å². The zero-order chi connectivity index (χ0) is 61.1. The number of rotatable bonds is 16. The Labute approximate surface area is 473 Å². The van der Waals surface area contributed by atoms with Gasteiger partial charge in [0.05, 0.1) is 19.6 Å². The summed E-state index contributed by atoms with van der Waals surface area (Å²) in [6.07, 6.45) is -7.22. The van der Waals surface area contributed by atoms with Crippen molar-refractivity contribution in [1.82, 2.24) is 4.90 Å². The molecule has 7 rings (SSSR count). The van der Waals surface area contributed by atoms with Crippen LogP contribution < -0.4 is 37.8 Å². The van der Waals surface area contributed by atoms with E-state index in [2.05, 4.69) is 136 Å². The fourth-order valence-corrected chi connectivity index (χ4v) is 14.1. The first kappa shape index (κ1) is 68.2. The number of halogens is 20. The van der Waals surface area contributed by atoms with E-state index < -0.39 is 166 Å². The Kier molecular flexibility index (Phi) is 22.3. The maximum atomic E-state index is 15.4. The summed E-state index contributed by atoms with van der Waals surface area (Å²) in [5, 5.41) is 4.11. The molecular formula is C54H45BCuF20N4P3+. The smallest absolute Gasteiger partial charge is 0.298 e. The number of hydrogen-bond donors (Lipinski definition) is 0. The molecule has 0 fully saturated rings. The molecule has 0 amide bonds. The molecule has 0 aliphatic heterocycles. The van der Waals surface area contributed by atoms with Crippen molar-refractivity contribution in [2.24, 2.45) is 14.2 Å². The van der Waals surface area contributed by atoms with Crippen LogP contribution in [0.25, 0.3) is 0 Å². The largest absolute Gasteiger partial charge is 2.00 e. The van der Waals surface area contributed by atoms with Crippen molar-refractivity contribution in [3.8, 4) is 0 Å². The zero-order valence-corrected chi connectivity index (χ0v) is 47.6. The van der Waals surface area contributed by atoms with E-state index in [0.717, 1.165) is 39.3 Å². The van der Waals surface area contributed by atoms with Gasteiger partial charge in [0.2, 0.25) is 0 Å². The molecular weight excluding hydrogens is 1250 g/mol. The van der Waals surface area contributed by atoms with Crippen molar-refractivity contribution >= 4 is 65.1 Å². The third-order valence-corrected chi connectivity index (χ3v) is 20.9. The van der Waals surface area contributed by atoms with Crippen LogP contribution in [0.1, 0.15) is 0 Å². The van der Waals surface area contributed by atoms with Crippen LogP contribution in [0.5, 0.6) is 0 Å². The Morgan fingerprint density at radius 1 is 0.277 bits per heavy atom. The molecule has 0 aromatic heterocycles. The summed E-state index contributed by atoms with van der Waals surface area (Å²) in [5.74, 6) is -71.4. The second kappa shape index (κ2) is 27.2. The van der Waals surface area contributed by atoms with Gasteiger partial charge in [0.1, 0.15) is 52.7 Å². The van der Waals surface area contributed by atoms with Crippen molar-refractivity contribution < 1.29 is 105 Å². The molecule has 0 atom stereocenters. The first-order valence-corrected chi connectivity index (χ1v) is 31.9. The number of benzene rings is 7. The summed E-state index contributed by atoms with van der Waals surface area (Å²) in [5.41, 5.74) is -14.3. The fourth-order valence-electron chi connectivity index (χ4n) is 9.14. The third-order valence-electron chi connectivity index (χ3n) is 13.5. The molecule has 449 valence electrons. The van der Waals surface area contributed by atoms with Crippen molar-refractivity contribution in [3.63, 3.8) is 0 Å². The van der Waals surface area contributed by atoms with Crippen LogP contribution >= 0.6 is 21.2 Å². The first-order chi connectivity index (χ1) is 38.3. The van der Waals surface area contributed by atoms with Gasteiger partial charge in [-0.05, 0) is 77.1 Å². The summed E-state index contributed by atoms with van der Waals surface area (Å²) in [6.45, 7) is 19.3.